The molecule has 4 aliphatic heterocycles. The summed E-state index contributed by atoms with van der Waals surface area (Å²) in [5, 5.41) is 16.7. The van der Waals surface area contributed by atoms with Crippen molar-refractivity contribution in [3.05, 3.63) is 368 Å². The van der Waals surface area contributed by atoms with Crippen LogP contribution in [0.4, 0.5) is 5.69 Å². The average molecular weight is 1720 g/mol. The van der Waals surface area contributed by atoms with Gasteiger partial charge in [0.15, 0.2) is 23.0 Å². The van der Waals surface area contributed by atoms with Gasteiger partial charge >= 0.3 is 0 Å². The molecule has 15 aromatic rings. The Balaban J connectivity index is 0.000000120. The highest BCUT2D eigenvalue weighted by atomic mass is 79.9. The molecule has 19 nitrogen and oxygen atoms in total. The van der Waals surface area contributed by atoms with Gasteiger partial charge in [0.2, 0.25) is 5.91 Å². The number of carbonyl (C=O) groups is 4. The Bertz CT molecular complexity index is 6420. The molecule has 4 atom stereocenters. The molecule has 4 amide bonds. The maximum Gasteiger partial charge on any atom is 0.269 e. The van der Waals surface area contributed by atoms with E-state index in [2.05, 4.69) is 134 Å². The van der Waals surface area contributed by atoms with Gasteiger partial charge in [0, 0.05) is 132 Å². The molecule has 4 unspecified atom stereocenters. The number of para-hydroxylation sites is 4. The number of nitrogens with one attached hydrogen (secondary N) is 4. The lowest BCUT2D eigenvalue weighted by atomic mass is 9.91. The Morgan fingerprint density at radius 3 is 1.19 bits per heavy atom. The summed E-state index contributed by atoms with van der Waals surface area (Å²) in [6, 6.07) is 79.1. The summed E-state index contributed by atoms with van der Waals surface area (Å²) in [6.07, 6.45) is 4.60. The average Bonchev–Trinajstić information content (AvgIpc) is 1.64. The van der Waals surface area contributed by atoms with Gasteiger partial charge in [-0.1, -0.05) is 179 Å². The summed E-state index contributed by atoms with van der Waals surface area (Å²) in [5.74, 6) is 2.77. The van der Waals surface area contributed by atoms with Crippen LogP contribution in [-0.4, -0.2) is 123 Å². The molecular weight excluding hydrogens is 1630 g/mol. The molecule has 22 heteroatoms. The summed E-state index contributed by atoms with van der Waals surface area (Å²) in [7, 11) is 6.52. The molecule has 0 fully saturated rings. The van der Waals surface area contributed by atoms with Gasteiger partial charge in [0.25, 0.3) is 23.4 Å². The second kappa shape index (κ2) is 35.6. The van der Waals surface area contributed by atoms with E-state index in [0.29, 0.717) is 83.2 Å². The van der Waals surface area contributed by atoms with Crippen LogP contribution in [0.15, 0.2) is 253 Å². The summed E-state index contributed by atoms with van der Waals surface area (Å²) in [6.45, 7) is 8.66. The first-order valence-electron chi connectivity index (χ1n) is 40.5. The number of carbonyl (C=O) groups excluding carboxylic acids is 4. The predicted molar refractivity (Wildman–Crippen MR) is 480 cm³/mol. The zero-order valence-electron chi connectivity index (χ0n) is 68.0. The Morgan fingerprint density at radius 1 is 0.413 bits per heavy atom. The smallest absolute Gasteiger partial charge is 0.269 e. The Labute approximate surface area is 719 Å². The minimum Gasteiger partial charge on any atom is -0.493 e. The number of H-pyrrole nitrogens is 4. The fraction of sp³-hybridized carbons (Fsp3) is 0.212. The van der Waals surface area contributed by atoms with Gasteiger partial charge in [-0.3, -0.25) is 29.3 Å². The number of nitrogens with zero attached hydrogens (tertiary/aromatic N) is 5. The maximum atomic E-state index is 13.8. The number of rotatable bonds is 14. The number of amides is 4. The number of benzene rings is 11. The van der Waals surface area contributed by atoms with Crippen LogP contribution in [0.5, 0.6) is 23.0 Å². The standard InChI is InChI=1S/C27H26N2O3.C25H21BrN2O.C24H17Cl2N3O3.C23H26N2O3/c1-17-8-4-5-9-19(17)27(30)29-15-14-21-20-10-6-7-11-22(20)28-25(21)26(29)18-12-13-23(31-2)24(16-18)32-3;1-16-6-8-17(9-7-16)24-23-21(20-4-2-3-5-22(20)27-23)14-15-28(24)25(29)18-10-12-19(26)13-11-18;25-19-10-7-15(13-20(19)26)24(30)28-12-11-18-17-3-1-2-4-21(17)27-22(18)23(28)14-5-8-16(9-6-14)29(31)32;1-4-7-21(26)25-13-12-17-16-8-5-6-9-18(16)24-22(17)23(25)15-10-11-19(27-2)20(14-15)28-3/h4-13,16,26,28H,14-15H2,1-3H3;2-13,24,27H,14-15H2,1H3;1-10,13,23,27H,11-12H2;5-6,8-11,14,23-24H,4,7,12-13H2,1-3H3. The lowest BCUT2D eigenvalue weighted by molar-refractivity contribution is -0.384. The zero-order chi connectivity index (χ0) is 84.3. The van der Waals surface area contributed by atoms with Crippen LogP contribution >= 0.6 is 39.1 Å². The number of fused-ring (bicyclic) bond motifs is 12. The number of methoxy groups -OCH3 is 4. The normalized spacial score (nSPS) is 15.8. The highest BCUT2D eigenvalue weighted by Gasteiger charge is 2.40. The number of hydrogen-bond donors (Lipinski definition) is 4. The lowest BCUT2D eigenvalue weighted by Gasteiger charge is -2.36. The molecule has 612 valence electrons. The topological polar surface area (TPSA) is 224 Å². The van der Waals surface area contributed by atoms with E-state index in [-0.39, 0.29) is 47.4 Å². The van der Waals surface area contributed by atoms with Crippen LogP contribution in [0.1, 0.15) is 153 Å². The molecule has 121 heavy (non-hydrogen) atoms. The Morgan fingerprint density at radius 2 is 0.777 bits per heavy atom. The number of aromatic nitrogens is 4. The molecule has 4 aromatic heterocycles. The molecule has 8 heterocycles. The third-order valence-corrected chi connectivity index (χ3v) is 24.9. The number of nitro groups is 1. The van der Waals surface area contributed by atoms with Crippen molar-refractivity contribution < 1.29 is 43.0 Å². The SMILES string of the molecule is CCCC(=O)N1CCc2c([nH]c3ccccc23)C1c1ccc(OC)c(OC)c1.COc1ccc(C2c3[nH]c4ccccc4c3CCN2C(=O)c2ccccc2C)cc1OC.Cc1ccc(C2c3[nH]c4ccccc4c3CCN2C(=O)c2ccc(Br)cc2)cc1.O=C(c1ccc(Cl)c(Cl)c1)N1CCc2c([nH]c3ccccc23)C1c1ccc([N+](=O)[O-])cc1. The Hall–Kier alpha value is -12.9. The van der Waals surface area contributed by atoms with Crippen molar-refractivity contribution >= 4 is 112 Å². The summed E-state index contributed by atoms with van der Waals surface area (Å²) >= 11 is 15.6. The van der Waals surface area contributed by atoms with Gasteiger partial charge < -0.3 is 58.5 Å². The molecule has 0 radical (unpaired) electrons. The number of aromatic amines is 4. The fourth-order valence-corrected chi connectivity index (χ4v) is 18.3. The van der Waals surface area contributed by atoms with Crippen molar-refractivity contribution in [1.29, 1.82) is 0 Å². The molecule has 4 N–H and O–H groups in total. The quantitative estimate of drug-likeness (QED) is 0.0595. The van der Waals surface area contributed by atoms with E-state index in [4.69, 9.17) is 42.1 Å². The number of ether oxygens (including phenoxy) is 4. The van der Waals surface area contributed by atoms with E-state index >= 15 is 0 Å². The van der Waals surface area contributed by atoms with E-state index in [0.717, 1.165) is 119 Å². The van der Waals surface area contributed by atoms with E-state index in [1.807, 2.05) is 144 Å². The van der Waals surface area contributed by atoms with E-state index < -0.39 is 11.0 Å². The first-order valence-corrected chi connectivity index (χ1v) is 42.0. The van der Waals surface area contributed by atoms with Crippen LogP contribution in [0.3, 0.4) is 0 Å². The van der Waals surface area contributed by atoms with Crippen LogP contribution < -0.4 is 18.9 Å². The molecule has 0 saturated heterocycles. The summed E-state index contributed by atoms with van der Waals surface area (Å²) in [4.78, 5) is 86.5. The molecule has 0 aliphatic carbocycles. The van der Waals surface area contributed by atoms with Crippen molar-refractivity contribution in [2.24, 2.45) is 0 Å². The van der Waals surface area contributed by atoms with Crippen molar-refractivity contribution in [2.75, 3.05) is 54.6 Å². The highest BCUT2D eigenvalue weighted by Crippen LogP contribution is 2.47. The van der Waals surface area contributed by atoms with Crippen LogP contribution in [0.2, 0.25) is 10.0 Å². The molecule has 4 aliphatic rings. The molecule has 0 bridgehead atoms. The molecular formula is C99H90BrCl2N9O10. The van der Waals surface area contributed by atoms with Gasteiger partial charge in [0.05, 0.1) is 67.6 Å². The maximum absolute atomic E-state index is 13.8. The van der Waals surface area contributed by atoms with Crippen LogP contribution in [-0.2, 0) is 30.5 Å². The number of halogens is 3. The monoisotopic (exact) mass is 1710 g/mol. The van der Waals surface area contributed by atoms with E-state index in [1.165, 1.54) is 50.5 Å². The number of aryl methyl sites for hydroxylation is 2. The largest absolute Gasteiger partial charge is 0.493 e. The number of non-ortho nitro benzene ring substituents is 1. The van der Waals surface area contributed by atoms with Crippen molar-refractivity contribution in [3.8, 4) is 23.0 Å². The highest BCUT2D eigenvalue weighted by molar-refractivity contribution is 9.10. The van der Waals surface area contributed by atoms with Crippen molar-refractivity contribution in [1.82, 2.24) is 39.5 Å². The third-order valence-electron chi connectivity index (χ3n) is 23.6. The van der Waals surface area contributed by atoms with Gasteiger partial charge in [-0.2, -0.15) is 0 Å². The molecule has 11 aromatic carbocycles. The minimum atomic E-state index is -0.433. The number of nitro benzene ring substituents is 1. The molecule has 0 spiro atoms. The zero-order valence-corrected chi connectivity index (χ0v) is 71.1. The van der Waals surface area contributed by atoms with Crippen molar-refractivity contribution in [2.45, 2.75) is 83.5 Å². The fourth-order valence-electron chi connectivity index (χ4n) is 17.7. The van der Waals surface area contributed by atoms with E-state index in [9.17, 15) is 29.3 Å². The van der Waals surface area contributed by atoms with Gasteiger partial charge in [-0.15, -0.1) is 0 Å². The van der Waals surface area contributed by atoms with Gasteiger partial charge in [-0.25, -0.2) is 0 Å². The predicted octanol–water partition coefficient (Wildman–Crippen LogP) is 21.9. The second-order valence-electron chi connectivity index (χ2n) is 30.6. The first-order chi connectivity index (χ1) is 58.8. The Kier molecular flexibility index (Phi) is 24.1. The third kappa shape index (κ3) is 16.2. The van der Waals surface area contributed by atoms with Gasteiger partial charge in [0.1, 0.15) is 0 Å². The van der Waals surface area contributed by atoms with Gasteiger partial charge in [-0.05, 0) is 205 Å². The number of hydrogen-bond acceptors (Lipinski definition) is 10. The molecule has 19 rings (SSSR count). The summed E-state index contributed by atoms with van der Waals surface area (Å²) < 4.78 is 22.9. The van der Waals surface area contributed by atoms with Crippen LogP contribution in [0, 0.1) is 24.0 Å². The lowest BCUT2D eigenvalue weighted by Crippen LogP contribution is -2.40. The second-order valence-corrected chi connectivity index (χ2v) is 32.4. The minimum absolute atomic E-state index is 0.00351. The van der Waals surface area contributed by atoms with E-state index in [1.54, 1.807) is 63.7 Å². The summed E-state index contributed by atoms with van der Waals surface area (Å²) in [5.41, 5.74) is 21.6. The molecule has 0 saturated carbocycles. The van der Waals surface area contributed by atoms with Crippen molar-refractivity contribution in [3.63, 3.8) is 0 Å². The first kappa shape index (κ1) is 81.8. The van der Waals surface area contributed by atoms with Crippen LogP contribution in [0.25, 0.3) is 43.6 Å².